The standard InChI is InChI=1S/C6H15BO2/c1-3-5-6-7(8)9-4-2/h8H,3-6H2,1-2H3. The number of rotatable bonds is 5. The first kappa shape index (κ1) is 8.98. The van der Waals surface area contributed by atoms with Gasteiger partial charge >= 0.3 is 7.12 Å². The summed E-state index contributed by atoms with van der Waals surface area (Å²) < 4.78 is 4.90. The maximum atomic E-state index is 8.96. The molecule has 9 heavy (non-hydrogen) atoms. The molecule has 0 radical (unpaired) electrons. The van der Waals surface area contributed by atoms with Crippen LogP contribution in [0.5, 0.6) is 0 Å². The Morgan fingerprint density at radius 1 is 1.44 bits per heavy atom. The van der Waals surface area contributed by atoms with Gasteiger partial charge in [0.05, 0.1) is 0 Å². The molecule has 54 valence electrons. The maximum Gasteiger partial charge on any atom is 0.454 e. The van der Waals surface area contributed by atoms with Crippen molar-refractivity contribution in [2.45, 2.75) is 33.0 Å². The molecule has 0 saturated heterocycles. The summed E-state index contributed by atoms with van der Waals surface area (Å²) >= 11 is 0. The van der Waals surface area contributed by atoms with E-state index in [1.807, 2.05) is 6.92 Å². The van der Waals surface area contributed by atoms with Crippen molar-refractivity contribution < 1.29 is 9.68 Å². The first-order valence-corrected chi connectivity index (χ1v) is 3.61. The van der Waals surface area contributed by atoms with E-state index in [1.165, 1.54) is 0 Å². The van der Waals surface area contributed by atoms with Crippen molar-refractivity contribution in [1.82, 2.24) is 0 Å². The van der Waals surface area contributed by atoms with E-state index in [-0.39, 0.29) is 0 Å². The SMILES string of the molecule is CCCCB(O)OCC. The molecule has 2 nitrogen and oxygen atoms in total. The molecule has 3 heteroatoms. The third-order valence-corrected chi connectivity index (χ3v) is 1.16. The van der Waals surface area contributed by atoms with Crippen LogP contribution in [0.3, 0.4) is 0 Å². The van der Waals surface area contributed by atoms with Crippen molar-refractivity contribution in [2.75, 3.05) is 6.61 Å². The first-order valence-electron chi connectivity index (χ1n) is 3.61. The van der Waals surface area contributed by atoms with Crippen LogP contribution in [0.25, 0.3) is 0 Å². The van der Waals surface area contributed by atoms with Gasteiger partial charge in [-0.3, -0.25) is 0 Å². The Hall–Kier alpha value is -0.0151. The predicted octanol–water partition coefficient (Wildman–Crippen LogP) is 1.30. The molecular weight excluding hydrogens is 115 g/mol. The molecule has 0 rings (SSSR count). The van der Waals surface area contributed by atoms with Gasteiger partial charge in [0.25, 0.3) is 0 Å². The molecule has 1 N–H and O–H groups in total. The van der Waals surface area contributed by atoms with Gasteiger partial charge in [0, 0.05) is 6.61 Å². The van der Waals surface area contributed by atoms with E-state index in [1.54, 1.807) is 0 Å². The van der Waals surface area contributed by atoms with Crippen LogP contribution in [-0.4, -0.2) is 18.7 Å². The Morgan fingerprint density at radius 3 is 2.56 bits per heavy atom. The number of hydrogen-bond acceptors (Lipinski definition) is 2. The summed E-state index contributed by atoms with van der Waals surface area (Å²) in [7, 11) is -0.532. The quantitative estimate of drug-likeness (QED) is 0.568. The zero-order valence-electron chi connectivity index (χ0n) is 6.26. The highest BCUT2D eigenvalue weighted by Gasteiger charge is 2.08. The monoisotopic (exact) mass is 130 g/mol. The fourth-order valence-corrected chi connectivity index (χ4v) is 0.654. The Labute approximate surface area is 57.4 Å². The summed E-state index contributed by atoms with van der Waals surface area (Å²) in [6.45, 7) is 4.58. The lowest BCUT2D eigenvalue weighted by Crippen LogP contribution is -2.16. The van der Waals surface area contributed by atoms with Crippen LogP contribution in [0.2, 0.25) is 6.32 Å². The van der Waals surface area contributed by atoms with Gasteiger partial charge in [-0.05, 0) is 13.2 Å². The molecule has 0 aliphatic carbocycles. The van der Waals surface area contributed by atoms with Crippen molar-refractivity contribution >= 4 is 7.12 Å². The molecule has 0 aromatic carbocycles. The fourth-order valence-electron chi connectivity index (χ4n) is 0.654. The van der Waals surface area contributed by atoms with Gasteiger partial charge in [-0.15, -0.1) is 0 Å². The van der Waals surface area contributed by atoms with Gasteiger partial charge in [0.2, 0.25) is 0 Å². The van der Waals surface area contributed by atoms with Crippen molar-refractivity contribution in [2.24, 2.45) is 0 Å². The summed E-state index contributed by atoms with van der Waals surface area (Å²) in [5.74, 6) is 0. The normalized spacial score (nSPS) is 9.67. The lowest BCUT2D eigenvalue weighted by atomic mass is 9.83. The minimum Gasteiger partial charge on any atom is -0.427 e. The van der Waals surface area contributed by atoms with E-state index >= 15 is 0 Å². The van der Waals surface area contributed by atoms with E-state index in [4.69, 9.17) is 9.68 Å². The van der Waals surface area contributed by atoms with Crippen LogP contribution in [0.4, 0.5) is 0 Å². The second-order valence-electron chi connectivity index (χ2n) is 2.05. The van der Waals surface area contributed by atoms with Gasteiger partial charge in [0.1, 0.15) is 0 Å². The molecule has 0 heterocycles. The fraction of sp³-hybridized carbons (Fsp3) is 1.00. The lowest BCUT2D eigenvalue weighted by Gasteiger charge is -2.02. The summed E-state index contributed by atoms with van der Waals surface area (Å²) in [5.41, 5.74) is 0. The van der Waals surface area contributed by atoms with Crippen molar-refractivity contribution in [3.8, 4) is 0 Å². The largest absolute Gasteiger partial charge is 0.454 e. The Kier molecular flexibility index (Phi) is 6.10. The average molecular weight is 130 g/mol. The van der Waals surface area contributed by atoms with Gasteiger partial charge in [-0.1, -0.05) is 19.8 Å². The Balaban J connectivity index is 2.95. The van der Waals surface area contributed by atoms with Crippen LogP contribution in [0, 0.1) is 0 Å². The van der Waals surface area contributed by atoms with Crippen LogP contribution in [0.1, 0.15) is 26.7 Å². The third kappa shape index (κ3) is 5.86. The van der Waals surface area contributed by atoms with Gasteiger partial charge < -0.3 is 9.68 Å². The van der Waals surface area contributed by atoms with E-state index in [2.05, 4.69) is 6.92 Å². The highest BCUT2D eigenvalue weighted by atomic mass is 16.5. The smallest absolute Gasteiger partial charge is 0.427 e. The molecule has 0 aliphatic rings. The highest BCUT2D eigenvalue weighted by Crippen LogP contribution is 1.98. The van der Waals surface area contributed by atoms with E-state index in [9.17, 15) is 0 Å². The topological polar surface area (TPSA) is 29.5 Å². The maximum absolute atomic E-state index is 8.96. The lowest BCUT2D eigenvalue weighted by molar-refractivity contribution is 0.273. The molecule has 0 aromatic rings. The van der Waals surface area contributed by atoms with Crippen LogP contribution in [0.15, 0.2) is 0 Å². The van der Waals surface area contributed by atoms with Gasteiger partial charge in [-0.25, -0.2) is 0 Å². The molecule has 0 unspecified atom stereocenters. The molecule has 0 aromatic heterocycles. The molecule has 0 saturated carbocycles. The Morgan fingerprint density at radius 2 is 2.11 bits per heavy atom. The van der Waals surface area contributed by atoms with Crippen LogP contribution in [-0.2, 0) is 4.65 Å². The van der Waals surface area contributed by atoms with Crippen molar-refractivity contribution in [3.63, 3.8) is 0 Å². The molecule has 0 spiro atoms. The van der Waals surface area contributed by atoms with Crippen LogP contribution < -0.4 is 0 Å². The minimum atomic E-state index is -0.532. The predicted molar refractivity (Wildman–Crippen MR) is 39.3 cm³/mol. The average Bonchev–Trinajstić information content (AvgIpc) is 1.85. The highest BCUT2D eigenvalue weighted by molar-refractivity contribution is 6.42. The number of hydrogen-bond donors (Lipinski definition) is 1. The Bertz CT molecular complexity index is 59.0. The zero-order valence-corrected chi connectivity index (χ0v) is 6.26. The third-order valence-electron chi connectivity index (χ3n) is 1.16. The second kappa shape index (κ2) is 6.11. The molecule has 0 amide bonds. The molecule has 0 atom stereocenters. The zero-order chi connectivity index (χ0) is 7.11. The summed E-state index contributed by atoms with van der Waals surface area (Å²) in [6, 6.07) is 0. The van der Waals surface area contributed by atoms with Gasteiger partial charge in [-0.2, -0.15) is 0 Å². The molecule has 0 fully saturated rings. The summed E-state index contributed by atoms with van der Waals surface area (Å²) in [6.07, 6.45) is 2.93. The summed E-state index contributed by atoms with van der Waals surface area (Å²) in [5, 5.41) is 8.96. The first-order chi connectivity index (χ1) is 4.31. The van der Waals surface area contributed by atoms with Crippen molar-refractivity contribution in [3.05, 3.63) is 0 Å². The minimum absolute atomic E-state index is 0.532. The van der Waals surface area contributed by atoms with E-state index in [0.29, 0.717) is 6.61 Å². The van der Waals surface area contributed by atoms with Gasteiger partial charge in [0.15, 0.2) is 0 Å². The van der Waals surface area contributed by atoms with Crippen LogP contribution >= 0.6 is 0 Å². The van der Waals surface area contributed by atoms with E-state index in [0.717, 1.165) is 19.2 Å². The van der Waals surface area contributed by atoms with Crippen molar-refractivity contribution in [1.29, 1.82) is 0 Å². The molecular formula is C6H15BO2. The van der Waals surface area contributed by atoms with E-state index < -0.39 is 7.12 Å². The molecule has 0 bridgehead atoms. The second-order valence-corrected chi connectivity index (χ2v) is 2.05. The summed E-state index contributed by atoms with van der Waals surface area (Å²) in [4.78, 5) is 0. The number of unbranched alkanes of at least 4 members (excludes halogenated alkanes) is 1. The molecule has 0 aliphatic heterocycles.